The molecule has 0 bridgehead atoms. The van der Waals surface area contributed by atoms with Crippen molar-refractivity contribution >= 4 is 29.2 Å². The molecule has 1 heterocycles. The molecular weight excluding hydrogens is 306 g/mol. The third kappa shape index (κ3) is 2.99. The second-order valence-corrected chi connectivity index (χ2v) is 6.34. The molecule has 108 valence electrons. The third-order valence-corrected chi connectivity index (χ3v) is 4.69. The Balaban J connectivity index is 2.01. The van der Waals surface area contributed by atoms with Gasteiger partial charge in [-0.1, -0.05) is 28.5 Å². The Morgan fingerprint density at radius 1 is 1.29 bits per heavy atom. The molecule has 3 rings (SSSR count). The molecule has 2 aromatic rings. The van der Waals surface area contributed by atoms with Crippen LogP contribution in [0.2, 0.25) is 5.02 Å². The Morgan fingerprint density at radius 2 is 2.05 bits per heavy atom. The van der Waals surface area contributed by atoms with Crippen molar-refractivity contribution in [3.63, 3.8) is 0 Å². The molecule has 3 N–H and O–H groups in total. The lowest BCUT2D eigenvalue weighted by atomic mass is 10.1. The number of oxime groups is 1. The summed E-state index contributed by atoms with van der Waals surface area (Å²) < 4.78 is 0. The summed E-state index contributed by atoms with van der Waals surface area (Å²) in [5.41, 5.74) is 8.77. The minimum atomic E-state index is 0.0914. The van der Waals surface area contributed by atoms with Crippen molar-refractivity contribution in [3.05, 3.63) is 52.2 Å². The van der Waals surface area contributed by atoms with Crippen LogP contribution in [0.4, 0.5) is 0 Å². The average Bonchev–Trinajstić information content (AvgIpc) is 2.95. The molecule has 0 amide bonds. The molecule has 1 aliphatic rings. The van der Waals surface area contributed by atoms with Crippen LogP contribution in [0.1, 0.15) is 23.2 Å². The number of amidine groups is 1. The molecule has 0 spiro atoms. The summed E-state index contributed by atoms with van der Waals surface area (Å²) in [6, 6.07) is 9.51. The second-order valence-electron chi connectivity index (χ2n) is 4.84. The monoisotopic (exact) mass is 319 g/mol. The number of halogens is 1. The molecule has 0 saturated heterocycles. The average molecular weight is 320 g/mol. The maximum absolute atomic E-state index is 8.97. The van der Waals surface area contributed by atoms with E-state index in [9.17, 15) is 0 Å². The molecule has 21 heavy (non-hydrogen) atoms. The number of aromatic nitrogens is 1. The topological polar surface area (TPSA) is 71.5 Å². The molecule has 6 heteroatoms. The van der Waals surface area contributed by atoms with Crippen LogP contribution in [0.25, 0.3) is 0 Å². The van der Waals surface area contributed by atoms with Crippen molar-refractivity contribution < 1.29 is 5.21 Å². The normalized spacial score (nSPS) is 14.2. The van der Waals surface area contributed by atoms with Crippen LogP contribution < -0.4 is 5.73 Å². The quantitative estimate of drug-likeness (QED) is 0.393. The predicted molar refractivity (Wildman–Crippen MR) is 84.3 cm³/mol. The maximum Gasteiger partial charge on any atom is 0.172 e. The summed E-state index contributed by atoms with van der Waals surface area (Å²) in [5.74, 6) is 0.0914. The molecule has 1 aromatic heterocycles. The van der Waals surface area contributed by atoms with Crippen molar-refractivity contribution in [2.75, 3.05) is 0 Å². The molecule has 0 unspecified atom stereocenters. The van der Waals surface area contributed by atoms with Crippen LogP contribution >= 0.6 is 23.4 Å². The Hall–Kier alpha value is -1.72. The number of benzene rings is 1. The highest BCUT2D eigenvalue weighted by molar-refractivity contribution is 7.99. The highest BCUT2D eigenvalue weighted by Gasteiger charge is 2.19. The zero-order valence-electron chi connectivity index (χ0n) is 11.2. The predicted octanol–water partition coefficient (Wildman–Crippen LogP) is 3.47. The Labute approximate surface area is 132 Å². The van der Waals surface area contributed by atoms with E-state index in [0.717, 1.165) is 34.9 Å². The third-order valence-electron chi connectivity index (χ3n) is 3.43. The Kier molecular flexibility index (Phi) is 4.03. The van der Waals surface area contributed by atoms with E-state index < -0.39 is 0 Å². The first kappa shape index (κ1) is 14.2. The summed E-state index contributed by atoms with van der Waals surface area (Å²) in [6.45, 7) is 0. The number of fused-ring (bicyclic) bond motifs is 1. The van der Waals surface area contributed by atoms with Gasteiger partial charge in [0.05, 0.1) is 5.56 Å². The second kappa shape index (κ2) is 5.95. The van der Waals surface area contributed by atoms with Crippen molar-refractivity contribution in [1.82, 2.24) is 4.98 Å². The largest absolute Gasteiger partial charge is 0.409 e. The van der Waals surface area contributed by atoms with Gasteiger partial charge in [-0.05, 0) is 55.2 Å². The number of nitrogens with zero attached hydrogens (tertiary/aromatic N) is 2. The summed E-state index contributed by atoms with van der Waals surface area (Å²) in [4.78, 5) is 5.71. The number of rotatable bonds is 3. The van der Waals surface area contributed by atoms with Crippen LogP contribution in [0.15, 0.2) is 45.4 Å². The highest BCUT2D eigenvalue weighted by Crippen LogP contribution is 2.33. The molecule has 1 aliphatic carbocycles. The van der Waals surface area contributed by atoms with E-state index in [1.165, 1.54) is 17.3 Å². The van der Waals surface area contributed by atoms with Gasteiger partial charge in [-0.3, -0.25) is 0 Å². The number of nitrogens with two attached hydrogens (primary N) is 1. The van der Waals surface area contributed by atoms with Crippen molar-refractivity contribution in [2.45, 2.75) is 29.2 Å². The first-order chi connectivity index (χ1) is 10.2. The van der Waals surface area contributed by atoms with Crippen LogP contribution in [0, 0.1) is 0 Å². The van der Waals surface area contributed by atoms with E-state index in [4.69, 9.17) is 27.5 Å². The Bertz CT molecular complexity index is 701. The number of hydrogen-bond donors (Lipinski definition) is 2. The van der Waals surface area contributed by atoms with E-state index >= 15 is 0 Å². The van der Waals surface area contributed by atoms with Gasteiger partial charge in [0.25, 0.3) is 0 Å². The zero-order chi connectivity index (χ0) is 14.8. The molecule has 0 fully saturated rings. The molecule has 4 nitrogen and oxygen atoms in total. The summed E-state index contributed by atoms with van der Waals surface area (Å²) in [6.07, 6.45) is 3.09. The van der Waals surface area contributed by atoms with Gasteiger partial charge in [-0.15, -0.1) is 0 Å². The fourth-order valence-corrected chi connectivity index (χ4v) is 3.43. The molecule has 0 aliphatic heterocycles. The lowest BCUT2D eigenvalue weighted by Crippen LogP contribution is -2.16. The van der Waals surface area contributed by atoms with Crippen LogP contribution in [0.5, 0.6) is 0 Å². The van der Waals surface area contributed by atoms with Crippen LogP contribution in [-0.4, -0.2) is 16.0 Å². The van der Waals surface area contributed by atoms with Gasteiger partial charge in [-0.25, -0.2) is 4.98 Å². The lowest BCUT2D eigenvalue weighted by molar-refractivity contribution is 0.318. The highest BCUT2D eigenvalue weighted by atomic mass is 35.5. The van der Waals surface area contributed by atoms with Gasteiger partial charge in [-0.2, -0.15) is 0 Å². The fraction of sp³-hybridized carbons (Fsp3) is 0.200. The van der Waals surface area contributed by atoms with Gasteiger partial charge < -0.3 is 10.9 Å². The Morgan fingerprint density at radius 3 is 2.76 bits per heavy atom. The van der Waals surface area contributed by atoms with E-state index in [0.29, 0.717) is 10.6 Å². The van der Waals surface area contributed by atoms with Gasteiger partial charge in [0.1, 0.15) is 5.03 Å². The van der Waals surface area contributed by atoms with E-state index in [1.807, 2.05) is 30.3 Å². The summed E-state index contributed by atoms with van der Waals surface area (Å²) in [5, 5.41) is 13.5. The van der Waals surface area contributed by atoms with Gasteiger partial charge in [0.2, 0.25) is 0 Å². The van der Waals surface area contributed by atoms with Crippen LogP contribution in [-0.2, 0) is 12.8 Å². The maximum atomic E-state index is 8.97. The molecule has 0 radical (unpaired) electrons. The minimum Gasteiger partial charge on any atom is -0.409 e. The van der Waals surface area contributed by atoms with Crippen molar-refractivity contribution in [1.29, 1.82) is 0 Å². The molecule has 0 saturated carbocycles. The minimum absolute atomic E-state index is 0.0914. The molecule has 1 aromatic carbocycles. The fourth-order valence-electron chi connectivity index (χ4n) is 2.38. The number of hydrogen-bond acceptors (Lipinski definition) is 4. The van der Waals surface area contributed by atoms with Crippen molar-refractivity contribution in [2.24, 2.45) is 10.9 Å². The number of aryl methyl sites for hydroxylation is 2. The molecular formula is C15H14ClN3OS. The first-order valence-electron chi connectivity index (χ1n) is 6.61. The standard InChI is InChI=1S/C15H14ClN3OS/c16-10-4-6-11(7-5-10)21-15-12(14(17)19-20)8-9-2-1-3-13(9)18-15/h4-8,20H,1-3H2,(H2,17,19). The smallest absolute Gasteiger partial charge is 0.172 e. The van der Waals surface area contributed by atoms with Crippen LogP contribution in [0.3, 0.4) is 0 Å². The van der Waals surface area contributed by atoms with Gasteiger partial charge >= 0.3 is 0 Å². The van der Waals surface area contributed by atoms with E-state index in [1.54, 1.807) is 0 Å². The number of pyridine rings is 1. The van der Waals surface area contributed by atoms with E-state index in [2.05, 4.69) is 5.16 Å². The summed E-state index contributed by atoms with van der Waals surface area (Å²) in [7, 11) is 0. The first-order valence-corrected chi connectivity index (χ1v) is 7.81. The molecule has 0 atom stereocenters. The zero-order valence-corrected chi connectivity index (χ0v) is 12.8. The van der Waals surface area contributed by atoms with E-state index in [-0.39, 0.29) is 5.84 Å². The lowest BCUT2D eigenvalue weighted by Gasteiger charge is -2.10. The van der Waals surface area contributed by atoms with Gasteiger partial charge in [0.15, 0.2) is 5.84 Å². The van der Waals surface area contributed by atoms with Gasteiger partial charge in [0, 0.05) is 15.6 Å². The SMILES string of the molecule is NC(=NO)c1cc2c(nc1Sc1ccc(Cl)cc1)CCC2. The summed E-state index contributed by atoms with van der Waals surface area (Å²) >= 11 is 7.39. The van der Waals surface area contributed by atoms with Crippen molar-refractivity contribution in [3.8, 4) is 0 Å².